The van der Waals surface area contributed by atoms with E-state index in [-0.39, 0.29) is 12.1 Å². The number of amides is 1. The number of carbonyl (C=O) groups is 1. The Balaban J connectivity index is 1.82. The van der Waals surface area contributed by atoms with Crippen molar-refractivity contribution in [1.82, 2.24) is 4.90 Å². The quantitative estimate of drug-likeness (QED) is 0.610. The molecular formula is C23H28BrNO3. The summed E-state index contributed by atoms with van der Waals surface area (Å²) in [7, 11) is 0. The normalized spacial score (nSPS) is 21.3. The van der Waals surface area contributed by atoms with Crippen LogP contribution in [0.2, 0.25) is 0 Å². The molecule has 1 aliphatic rings. The van der Waals surface area contributed by atoms with Gasteiger partial charge >= 0.3 is 6.09 Å². The third-order valence-corrected chi connectivity index (χ3v) is 6.06. The summed E-state index contributed by atoms with van der Waals surface area (Å²) in [5.41, 5.74) is 0.553. The van der Waals surface area contributed by atoms with E-state index in [1.54, 1.807) is 18.7 Å². The van der Waals surface area contributed by atoms with Crippen LogP contribution in [0.5, 0.6) is 0 Å². The number of hydrogen-bond donors (Lipinski definition) is 1. The van der Waals surface area contributed by atoms with Gasteiger partial charge in [0.1, 0.15) is 5.60 Å². The first-order valence-corrected chi connectivity index (χ1v) is 10.5. The predicted octanol–water partition coefficient (Wildman–Crippen LogP) is 5.80. The second-order valence-corrected chi connectivity index (χ2v) is 9.13. The standard InChI is InChI=1S/C23H28BrNO3/c1-17(18-9-11-20(24)12-10-18)25-16-15-23(28-21(25)26,14-13-22(2,3)27)19-7-5-4-6-8-19/h4-12,17,27H,13-16H2,1-3H3/t17-,23+/m0/s1. The first-order valence-electron chi connectivity index (χ1n) is 9.73. The number of rotatable bonds is 6. The highest BCUT2D eigenvalue weighted by Crippen LogP contribution is 2.41. The SMILES string of the molecule is C[C@@H](c1ccc(Br)cc1)N1CC[C@](CCC(C)(C)O)(c2ccccc2)OC1=O. The smallest absolute Gasteiger partial charge is 0.411 e. The first-order chi connectivity index (χ1) is 13.2. The molecule has 1 aliphatic heterocycles. The molecule has 28 heavy (non-hydrogen) atoms. The van der Waals surface area contributed by atoms with Crippen molar-refractivity contribution in [2.24, 2.45) is 0 Å². The van der Waals surface area contributed by atoms with Gasteiger partial charge in [-0.15, -0.1) is 0 Å². The Labute approximate surface area is 175 Å². The highest BCUT2D eigenvalue weighted by molar-refractivity contribution is 9.10. The van der Waals surface area contributed by atoms with E-state index >= 15 is 0 Å². The fourth-order valence-electron chi connectivity index (χ4n) is 3.72. The Hall–Kier alpha value is -1.85. The summed E-state index contributed by atoms with van der Waals surface area (Å²) < 4.78 is 7.11. The first kappa shape index (κ1) is 20.9. The Morgan fingerprint density at radius 1 is 1.18 bits per heavy atom. The van der Waals surface area contributed by atoms with Crippen LogP contribution in [0.25, 0.3) is 0 Å². The molecule has 5 heteroatoms. The highest BCUT2D eigenvalue weighted by atomic mass is 79.9. The molecule has 1 N–H and O–H groups in total. The van der Waals surface area contributed by atoms with Crippen molar-refractivity contribution in [2.45, 2.75) is 57.3 Å². The van der Waals surface area contributed by atoms with E-state index in [4.69, 9.17) is 4.74 Å². The van der Waals surface area contributed by atoms with E-state index in [2.05, 4.69) is 15.9 Å². The maximum absolute atomic E-state index is 13.0. The molecule has 1 fully saturated rings. The Morgan fingerprint density at radius 3 is 2.39 bits per heavy atom. The molecule has 0 saturated carbocycles. The molecule has 1 saturated heterocycles. The van der Waals surface area contributed by atoms with E-state index in [0.717, 1.165) is 15.6 Å². The van der Waals surface area contributed by atoms with Gasteiger partial charge in [0.25, 0.3) is 0 Å². The lowest BCUT2D eigenvalue weighted by Gasteiger charge is -2.44. The summed E-state index contributed by atoms with van der Waals surface area (Å²) in [6.07, 6.45) is 1.53. The van der Waals surface area contributed by atoms with Gasteiger partial charge in [0.2, 0.25) is 0 Å². The second-order valence-electron chi connectivity index (χ2n) is 8.21. The maximum atomic E-state index is 13.0. The van der Waals surface area contributed by atoms with Gasteiger partial charge in [0, 0.05) is 17.4 Å². The molecule has 1 heterocycles. The molecule has 150 valence electrons. The third kappa shape index (κ3) is 4.76. The Morgan fingerprint density at radius 2 is 1.82 bits per heavy atom. The zero-order valence-electron chi connectivity index (χ0n) is 16.7. The number of halogens is 1. The van der Waals surface area contributed by atoms with Crippen molar-refractivity contribution in [1.29, 1.82) is 0 Å². The highest BCUT2D eigenvalue weighted by Gasteiger charge is 2.44. The van der Waals surface area contributed by atoms with Gasteiger partial charge in [-0.25, -0.2) is 4.79 Å². The lowest BCUT2D eigenvalue weighted by molar-refractivity contribution is -0.0767. The zero-order chi connectivity index (χ0) is 20.4. The van der Waals surface area contributed by atoms with E-state index in [1.165, 1.54) is 0 Å². The minimum absolute atomic E-state index is 0.0661. The van der Waals surface area contributed by atoms with Crippen molar-refractivity contribution in [3.8, 4) is 0 Å². The van der Waals surface area contributed by atoms with Crippen LogP contribution in [0.1, 0.15) is 57.2 Å². The largest absolute Gasteiger partial charge is 0.438 e. The molecule has 2 atom stereocenters. The Bertz CT molecular complexity index is 801. The summed E-state index contributed by atoms with van der Waals surface area (Å²) in [5, 5.41) is 10.2. The van der Waals surface area contributed by atoms with Crippen LogP contribution in [0.15, 0.2) is 59.1 Å². The fourth-order valence-corrected chi connectivity index (χ4v) is 3.98. The van der Waals surface area contributed by atoms with E-state index in [0.29, 0.717) is 25.8 Å². The molecule has 0 spiro atoms. The molecule has 1 amide bonds. The average Bonchev–Trinajstić information content (AvgIpc) is 2.67. The molecule has 0 bridgehead atoms. The maximum Gasteiger partial charge on any atom is 0.411 e. The predicted molar refractivity (Wildman–Crippen MR) is 114 cm³/mol. The van der Waals surface area contributed by atoms with Crippen LogP contribution in [0, 0.1) is 0 Å². The van der Waals surface area contributed by atoms with Gasteiger partial charge in [-0.2, -0.15) is 0 Å². The molecule has 2 aromatic carbocycles. The van der Waals surface area contributed by atoms with Crippen LogP contribution in [-0.2, 0) is 10.3 Å². The summed E-state index contributed by atoms with van der Waals surface area (Å²) in [6.45, 7) is 6.21. The van der Waals surface area contributed by atoms with E-state index in [9.17, 15) is 9.90 Å². The monoisotopic (exact) mass is 445 g/mol. The van der Waals surface area contributed by atoms with Crippen LogP contribution in [0.4, 0.5) is 4.79 Å². The molecule has 3 rings (SSSR count). The molecule has 0 aliphatic carbocycles. The van der Waals surface area contributed by atoms with E-state index < -0.39 is 11.2 Å². The number of hydrogen-bond acceptors (Lipinski definition) is 3. The lowest BCUT2D eigenvalue weighted by atomic mass is 9.82. The van der Waals surface area contributed by atoms with Gasteiger partial charge in [-0.1, -0.05) is 58.4 Å². The van der Waals surface area contributed by atoms with Gasteiger partial charge in [0.05, 0.1) is 11.6 Å². The van der Waals surface area contributed by atoms with Gasteiger partial charge in [-0.05, 0) is 56.9 Å². The summed E-state index contributed by atoms with van der Waals surface area (Å²) in [5.74, 6) is 0. The number of cyclic esters (lactones) is 1. The van der Waals surface area contributed by atoms with Crippen molar-refractivity contribution < 1.29 is 14.6 Å². The van der Waals surface area contributed by atoms with Crippen LogP contribution >= 0.6 is 15.9 Å². The minimum Gasteiger partial charge on any atom is -0.438 e. The zero-order valence-corrected chi connectivity index (χ0v) is 18.3. The van der Waals surface area contributed by atoms with Crippen molar-refractivity contribution in [3.63, 3.8) is 0 Å². The van der Waals surface area contributed by atoms with Crippen molar-refractivity contribution in [3.05, 3.63) is 70.2 Å². The van der Waals surface area contributed by atoms with Crippen LogP contribution in [0.3, 0.4) is 0 Å². The number of aliphatic hydroxyl groups is 1. The van der Waals surface area contributed by atoms with Crippen molar-refractivity contribution in [2.75, 3.05) is 6.54 Å². The van der Waals surface area contributed by atoms with E-state index in [1.807, 2.05) is 61.5 Å². The molecule has 0 unspecified atom stereocenters. The second kappa shape index (κ2) is 8.26. The lowest BCUT2D eigenvalue weighted by Crippen LogP contribution is -2.49. The van der Waals surface area contributed by atoms with Crippen molar-refractivity contribution >= 4 is 22.0 Å². The number of carbonyl (C=O) groups excluding carboxylic acids is 1. The third-order valence-electron chi connectivity index (χ3n) is 5.53. The van der Waals surface area contributed by atoms with Gasteiger partial charge in [0.15, 0.2) is 0 Å². The summed E-state index contributed by atoms with van der Waals surface area (Å²) in [4.78, 5) is 14.8. The molecule has 4 nitrogen and oxygen atoms in total. The van der Waals surface area contributed by atoms with Gasteiger partial charge in [-0.3, -0.25) is 0 Å². The number of benzene rings is 2. The molecule has 0 radical (unpaired) electrons. The average molecular weight is 446 g/mol. The molecule has 2 aromatic rings. The van der Waals surface area contributed by atoms with Crippen LogP contribution < -0.4 is 0 Å². The summed E-state index contributed by atoms with van der Waals surface area (Å²) in [6, 6.07) is 17.8. The fraction of sp³-hybridized carbons (Fsp3) is 0.435. The van der Waals surface area contributed by atoms with Gasteiger partial charge < -0.3 is 14.7 Å². The van der Waals surface area contributed by atoms with Crippen LogP contribution in [-0.4, -0.2) is 28.2 Å². The molecular weight excluding hydrogens is 418 g/mol. The topological polar surface area (TPSA) is 49.8 Å². The molecule has 0 aromatic heterocycles. The minimum atomic E-state index is -0.809. The Kier molecular flexibility index (Phi) is 6.15. The number of nitrogens with zero attached hydrogens (tertiary/aromatic N) is 1. The summed E-state index contributed by atoms with van der Waals surface area (Å²) >= 11 is 3.45. The number of ether oxygens (including phenoxy) is 1.